The third-order valence-corrected chi connectivity index (χ3v) is 16.2. The van der Waals surface area contributed by atoms with E-state index in [4.69, 9.17) is 9.98 Å². The lowest BCUT2D eigenvalue weighted by atomic mass is 10.1. The van der Waals surface area contributed by atoms with E-state index < -0.39 is 8.07 Å². The molecule has 0 saturated carbocycles. The molecule has 272 valence electrons. The van der Waals surface area contributed by atoms with Gasteiger partial charge in [-0.15, -0.1) is 0 Å². The molecule has 0 saturated heterocycles. The molecule has 9 aromatic rings. The van der Waals surface area contributed by atoms with Gasteiger partial charge in [-0.25, -0.2) is 9.98 Å². The van der Waals surface area contributed by atoms with Gasteiger partial charge in [-0.1, -0.05) is 194 Å². The van der Waals surface area contributed by atoms with Crippen LogP contribution in [-0.2, 0) is 0 Å². The highest BCUT2D eigenvalue weighted by molar-refractivity contribution is 7.20. The molecular weight excluding hydrogens is 709 g/mol. The Bertz CT molecular complexity index is 2850. The standard InChI is InChI=1S/C52H40N4Si/c1-55-51(39-20-7-2-8-21-39)53-50(54-52(55)40-22-9-3-10-23-40)38-34-36-44(37-35-38)57(42-26-13-5-14-27-42,43-28-15-6-16-29-43)48-33-19-32-47-49(48)45-30-17-18-31-46(45)56(47)41-24-11-4-12-25-41/h2-37,51H,1H3. The molecule has 0 amide bonds. The van der Waals surface area contributed by atoms with E-state index in [0.29, 0.717) is 0 Å². The predicted octanol–water partition coefficient (Wildman–Crippen LogP) is 9.00. The molecule has 0 aliphatic carbocycles. The van der Waals surface area contributed by atoms with Gasteiger partial charge in [-0.3, -0.25) is 0 Å². The minimum absolute atomic E-state index is 0.213. The lowest BCUT2D eigenvalue weighted by Gasteiger charge is -2.35. The van der Waals surface area contributed by atoms with Crippen LogP contribution >= 0.6 is 0 Å². The van der Waals surface area contributed by atoms with Crippen molar-refractivity contribution in [2.24, 2.45) is 9.98 Å². The number of rotatable bonds is 8. The minimum Gasteiger partial charge on any atom is -0.333 e. The number of benzene rings is 8. The summed E-state index contributed by atoms with van der Waals surface area (Å²) in [6.07, 6.45) is -0.213. The molecule has 0 radical (unpaired) electrons. The predicted molar refractivity (Wildman–Crippen MR) is 241 cm³/mol. The lowest BCUT2D eigenvalue weighted by Crippen LogP contribution is -2.74. The van der Waals surface area contributed by atoms with Crippen molar-refractivity contribution in [2.45, 2.75) is 6.17 Å². The summed E-state index contributed by atoms with van der Waals surface area (Å²) in [4.78, 5) is 12.7. The molecule has 10 rings (SSSR count). The maximum absolute atomic E-state index is 5.32. The van der Waals surface area contributed by atoms with E-state index in [1.165, 1.54) is 42.6 Å². The highest BCUT2D eigenvalue weighted by Gasteiger charge is 2.43. The van der Waals surface area contributed by atoms with Gasteiger partial charge in [0.2, 0.25) is 0 Å². The molecule has 1 aliphatic heterocycles. The largest absolute Gasteiger partial charge is 0.333 e. The summed E-state index contributed by atoms with van der Waals surface area (Å²) in [6, 6.07) is 79.1. The first-order chi connectivity index (χ1) is 28.2. The Labute approximate surface area is 334 Å². The molecule has 1 aromatic heterocycles. The number of fused-ring (bicyclic) bond motifs is 3. The van der Waals surface area contributed by atoms with Gasteiger partial charge in [0.1, 0.15) is 12.0 Å². The summed E-state index contributed by atoms with van der Waals surface area (Å²) in [7, 11) is -0.897. The first-order valence-corrected chi connectivity index (χ1v) is 21.5. The molecule has 0 bridgehead atoms. The smallest absolute Gasteiger partial charge is 0.180 e. The fourth-order valence-corrected chi connectivity index (χ4v) is 13.8. The molecule has 1 aliphatic rings. The van der Waals surface area contributed by atoms with E-state index in [9.17, 15) is 0 Å². The summed E-state index contributed by atoms with van der Waals surface area (Å²) in [5, 5.41) is 7.87. The molecular formula is C52H40N4Si. The highest BCUT2D eigenvalue weighted by Crippen LogP contribution is 2.33. The number of aromatic nitrogens is 1. The van der Waals surface area contributed by atoms with Gasteiger partial charge in [-0.05, 0) is 50.6 Å². The number of hydrogen-bond acceptors (Lipinski definition) is 3. The Morgan fingerprint density at radius 3 is 1.63 bits per heavy atom. The fourth-order valence-electron chi connectivity index (χ4n) is 8.84. The van der Waals surface area contributed by atoms with Gasteiger partial charge < -0.3 is 9.47 Å². The molecule has 0 spiro atoms. The van der Waals surface area contributed by atoms with Crippen LogP contribution in [0.5, 0.6) is 0 Å². The van der Waals surface area contributed by atoms with Crippen molar-refractivity contribution < 1.29 is 0 Å². The first kappa shape index (κ1) is 34.4. The maximum Gasteiger partial charge on any atom is 0.180 e. The molecule has 4 nitrogen and oxygen atoms in total. The van der Waals surface area contributed by atoms with Gasteiger partial charge in [-0.2, -0.15) is 0 Å². The second kappa shape index (κ2) is 14.5. The summed E-state index contributed by atoms with van der Waals surface area (Å²) < 4.78 is 2.43. The number of nitrogens with zero attached hydrogens (tertiary/aromatic N) is 4. The van der Waals surface area contributed by atoms with Crippen LogP contribution in [0.15, 0.2) is 228 Å². The molecule has 1 atom stereocenters. The number of hydrogen-bond donors (Lipinski definition) is 0. The van der Waals surface area contributed by atoms with Crippen molar-refractivity contribution in [3.05, 3.63) is 235 Å². The Kier molecular flexibility index (Phi) is 8.77. The topological polar surface area (TPSA) is 32.9 Å². The van der Waals surface area contributed by atoms with E-state index >= 15 is 0 Å². The Balaban J connectivity index is 1.22. The second-order valence-corrected chi connectivity index (χ2v) is 18.4. The van der Waals surface area contributed by atoms with Crippen LogP contribution in [0.3, 0.4) is 0 Å². The Morgan fingerprint density at radius 1 is 0.456 bits per heavy atom. The Hall–Kier alpha value is -7.08. The van der Waals surface area contributed by atoms with Crippen molar-refractivity contribution in [1.82, 2.24) is 9.47 Å². The molecule has 5 heteroatoms. The van der Waals surface area contributed by atoms with E-state index in [1.807, 2.05) is 6.07 Å². The van der Waals surface area contributed by atoms with E-state index in [2.05, 4.69) is 229 Å². The summed E-state index contributed by atoms with van der Waals surface area (Å²) in [5.41, 5.74) is 6.73. The van der Waals surface area contributed by atoms with Crippen molar-refractivity contribution in [3.63, 3.8) is 0 Å². The van der Waals surface area contributed by atoms with Gasteiger partial charge >= 0.3 is 0 Å². The quantitative estimate of drug-likeness (QED) is 0.113. The summed E-state index contributed by atoms with van der Waals surface area (Å²) in [5.74, 6) is 1.63. The monoisotopic (exact) mass is 748 g/mol. The van der Waals surface area contributed by atoms with Crippen LogP contribution in [0.2, 0.25) is 0 Å². The molecule has 8 aromatic carbocycles. The van der Waals surface area contributed by atoms with Gasteiger partial charge in [0.25, 0.3) is 0 Å². The Morgan fingerprint density at radius 2 is 0.982 bits per heavy atom. The van der Waals surface area contributed by atoms with E-state index in [1.54, 1.807) is 0 Å². The molecule has 0 N–H and O–H groups in total. The molecule has 2 heterocycles. The van der Waals surface area contributed by atoms with Crippen LogP contribution in [-0.4, -0.2) is 36.3 Å². The maximum atomic E-state index is 5.32. The third-order valence-electron chi connectivity index (χ3n) is 11.4. The second-order valence-electron chi connectivity index (χ2n) is 14.6. The van der Waals surface area contributed by atoms with Crippen molar-refractivity contribution in [1.29, 1.82) is 0 Å². The summed E-state index contributed by atoms with van der Waals surface area (Å²) in [6.45, 7) is 0. The average Bonchev–Trinajstić information content (AvgIpc) is 3.64. The van der Waals surface area contributed by atoms with Crippen molar-refractivity contribution >= 4 is 62.3 Å². The van der Waals surface area contributed by atoms with Crippen LogP contribution in [0.4, 0.5) is 0 Å². The number of amidine groups is 2. The van der Waals surface area contributed by atoms with Gasteiger partial charge in [0.15, 0.2) is 13.9 Å². The average molecular weight is 749 g/mol. The number of para-hydroxylation sites is 2. The van der Waals surface area contributed by atoms with Crippen LogP contribution in [0.25, 0.3) is 27.5 Å². The van der Waals surface area contributed by atoms with E-state index in [-0.39, 0.29) is 6.17 Å². The fraction of sp³-hybridized carbons (Fsp3) is 0.0385. The van der Waals surface area contributed by atoms with E-state index in [0.717, 1.165) is 34.0 Å². The zero-order chi connectivity index (χ0) is 38.2. The molecule has 1 unspecified atom stereocenters. The molecule has 57 heavy (non-hydrogen) atoms. The number of aliphatic imine (C=N–C) groups is 2. The van der Waals surface area contributed by atoms with Crippen LogP contribution in [0, 0.1) is 0 Å². The lowest BCUT2D eigenvalue weighted by molar-refractivity contribution is 0.383. The van der Waals surface area contributed by atoms with Gasteiger partial charge in [0.05, 0.1) is 11.0 Å². The van der Waals surface area contributed by atoms with Gasteiger partial charge in [0, 0.05) is 34.6 Å². The third kappa shape index (κ3) is 5.83. The SMILES string of the molecule is CN1C(c2ccccc2)=NC(c2ccc([Si](c3ccccc3)(c3ccccc3)c3cccc4c3c3ccccc3n4-c3ccccc3)cc2)=NC1c1ccccc1. The van der Waals surface area contributed by atoms with Crippen LogP contribution in [0.1, 0.15) is 22.9 Å². The van der Waals surface area contributed by atoms with Crippen molar-refractivity contribution in [2.75, 3.05) is 7.05 Å². The normalized spacial score (nSPS) is 14.4. The zero-order valence-electron chi connectivity index (χ0n) is 31.7. The molecule has 0 fully saturated rings. The van der Waals surface area contributed by atoms with Crippen molar-refractivity contribution in [3.8, 4) is 5.69 Å². The summed E-state index contributed by atoms with van der Waals surface area (Å²) >= 11 is 0. The minimum atomic E-state index is -2.98. The van der Waals surface area contributed by atoms with Crippen LogP contribution < -0.4 is 20.7 Å². The highest BCUT2D eigenvalue weighted by atomic mass is 28.3. The zero-order valence-corrected chi connectivity index (χ0v) is 32.7. The first-order valence-electron chi connectivity index (χ1n) is 19.5.